The highest BCUT2D eigenvalue weighted by molar-refractivity contribution is 6.06. The zero-order valence-electron chi connectivity index (χ0n) is 20.8. The molecule has 0 unspecified atom stereocenters. The molecule has 2 bridgehead atoms. The molecular weight excluding hydrogens is 455 g/mol. The third-order valence-corrected chi connectivity index (χ3v) is 8.02. The SMILES string of the molecule is O=C(Nc1ccc(NCCN2CCOCC2)c2c1C1CC(=C2)C1)c1cc(F)cc(N2CCCCC2)c1. The molecule has 7 rings (SSSR count). The Hall–Kier alpha value is -2.90. The first-order chi connectivity index (χ1) is 17.6. The lowest BCUT2D eigenvalue weighted by molar-refractivity contribution is 0.0398. The minimum atomic E-state index is -0.364. The van der Waals surface area contributed by atoms with Gasteiger partial charge in [-0.15, -0.1) is 0 Å². The lowest BCUT2D eigenvalue weighted by Gasteiger charge is -2.38. The first kappa shape index (κ1) is 23.5. The summed E-state index contributed by atoms with van der Waals surface area (Å²) in [7, 11) is 0. The number of amides is 1. The first-order valence-electron chi connectivity index (χ1n) is 13.4. The van der Waals surface area contributed by atoms with Gasteiger partial charge in [0.1, 0.15) is 5.82 Å². The van der Waals surface area contributed by atoms with Crippen LogP contribution in [0.1, 0.15) is 59.5 Å². The van der Waals surface area contributed by atoms with Crippen molar-refractivity contribution in [3.63, 3.8) is 0 Å². The Balaban J connectivity index is 1.20. The fourth-order valence-corrected chi connectivity index (χ4v) is 6.00. The average Bonchev–Trinajstić information content (AvgIpc) is 2.89. The summed E-state index contributed by atoms with van der Waals surface area (Å²) >= 11 is 0. The number of carbonyl (C=O) groups excluding carboxylic acids is 1. The number of anilines is 3. The molecule has 2 saturated heterocycles. The van der Waals surface area contributed by atoms with E-state index in [4.69, 9.17) is 4.74 Å². The zero-order valence-corrected chi connectivity index (χ0v) is 20.8. The first-order valence-corrected chi connectivity index (χ1v) is 13.4. The number of nitrogens with zero attached hydrogens (tertiary/aromatic N) is 2. The lowest BCUT2D eigenvalue weighted by Crippen LogP contribution is -2.39. The molecule has 2 aliphatic heterocycles. The maximum Gasteiger partial charge on any atom is 0.255 e. The van der Waals surface area contributed by atoms with E-state index in [1.165, 1.54) is 29.2 Å². The van der Waals surface area contributed by atoms with Gasteiger partial charge in [0.25, 0.3) is 5.91 Å². The quantitative estimate of drug-likeness (QED) is 0.567. The van der Waals surface area contributed by atoms with Crippen molar-refractivity contribution in [3.05, 3.63) is 58.4 Å². The number of halogens is 1. The Labute approximate surface area is 212 Å². The minimum absolute atomic E-state index is 0.253. The number of ether oxygens (including phenoxy) is 1. The molecule has 6 nitrogen and oxygen atoms in total. The Morgan fingerprint density at radius 3 is 2.58 bits per heavy atom. The maximum atomic E-state index is 14.5. The van der Waals surface area contributed by atoms with Crippen molar-refractivity contribution in [3.8, 4) is 0 Å². The number of benzene rings is 2. The molecule has 0 atom stereocenters. The van der Waals surface area contributed by atoms with Crippen LogP contribution in [0.3, 0.4) is 0 Å². The molecule has 190 valence electrons. The topological polar surface area (TPSA) is 56.8 Å². The number of rotatable bonds is 7. The summed E-state index contributed by atoms with van der Waals surface area (Å²) in [5.41, 5.74) is 7.02. The number of carbonyl (C=O) groups is 1. The van der Waals surface area contributed by atoms with Gasteiger partial charge in [-0.1, -0.05) is 11.6 Å². The van der Waals surface area contributed by atoms with Crippen LogP contribution in [0, 0.1) is 5.82 Å². The predicted octanol–water partition coefficient (Wildman–Crippen LogP) is 5.09. The molecule has 2 N–H and O–H groups in total. The Morgan fingerprint density at radius 2 is 1.78 bits per heavy atom. The van der Waals surface area contributed by atoms with Crippen LogP contribution in [0.15, 0.2) is 35.9 Å². The molecule has 1 saturated carbocycles. The number of allylic oxidation sites excluding steroid dienone is 1. The summed E-state index contributed by atoms with van der Waals surface area (Å²) in [6, 6.07) is 8.80. The van der Waals surface area contributed by atoms with Gasteiger partial charge in [-0.25, -0.2) is 4.39 Å². The van der Waals surface area contributed by atoms with E-state index in [1.807, 2.05) is 12.1 Å². The van der Waals surface area contributed by atoms with Gasteiger partial charge in [0.2, 0.25) is 0 Å². The van der Waals surface area contributed by atoms with Crippen molar-refractivity contribution in [2.75, 3.05) is 68.0 Å². The number of hydrogen-bond acceptors (Lipinski definition) is 5. The van der Waals surface area contributed by atoms with E-state index in [0.717, 1.165) is 95.2 Å². The number of hydrogen-bond donors (Lipinski definition) is 2. The molecule has 2 aromatic carbocycles. The third kappa shape index (κ3) is 4.87. The summed E-state index contributed by atoms with van der Waals surface area (Å²) in [6.45, 7) is 7.25. The largest absolute Gasteiger partial charge is 0.383 e. The smallest absolute Gasteiger partial charge is 0.255 e. The van der Waals surface area contributed by atoms with Crippen LogP contribution in [0.5, 0.6) is 0 Å². The highest BCUT2D eigenvalue weighted by Gasteiger charge is 2.34. The molecule has 3 aliphatic carbocycles. The third-order valence-electron chi connectivity index (χ3n) is 8.02. The summed E-state index contributed by atoms with van der Waals surface area (Å²) in [6.07, 6.45) is 7.83. The van der Waals surface area contributed by atoms with Gasteiger partial charge in [0, 0.05) is 67.5 Å². The second-order valence-electron chi connectivity index (χ2n) is 10.5. The van der Waals surface area contributed by atoms with Gasteiger partial charge in [-0.3, -0.25) is 9.69 Å². The fourth-order valence-electron chi connectivity index (χ4n) is 6.00. The van der Waals surface area contributed by atoms with Gasteiger partial charge in [-0.2, -0.15) is 0 Å². The Morgan fingerprint density at radius 1 is 1.00 bits per heavy atom. The summed E-state index contributed by atoms with van der Waals surface area (Å²) < 4.78 is 19.9. The van der Waals surface area contributed by atoms with E-state index in [-0.39, 0.29) is 11.7 Å². The van der Waals surface area contributed by atoms with E-state index in [1.54, 1.807) is 6.07 Å². The minimum Gasteiger partial charge on any atom is -0.383 e. The Kier molecular flexibility index (Phi) is 6.67. The van der Waals surface area contributed by atoms with Crippen LogP contribution in [0.25, 0.3) is 6.08 Å². The van der Waals surface area contributed by atoms with Crippen molar-refractivity contribution >= 4 is 29.0 Å². The van der Waals surface area contributed by atoms with Crippen LogP contribution in [0.4, 0.5) is 21.5 Å². The van der Waals surface area contributed by atoms with Gasteiger partial charge < -0.3 is 20.3 Å². The van der Waals surface area contributed by atoms with Gasteiger partial charge in [-0.05, 0) is 73.9 Å². The molecule has 7 heteroatoms. The van der Waals surface area contributed by atoms with Crippen LogP contribution >= 0.6 is 0 Å². The van der Waals surface area contributed by atoms with Crippen molar-refractivity contribution < 1.29 is 13.9 Å². The van der Waals surface area contributed by atoms with Gasteiger partial charge >= 0.3 is 0 Å². The van der Waals surface area contributed by atoms with Crippen molar-refractivity contribution in [2.45, 2.75) is 38.0 Å². The Bertz CT molecular complexity index is 1160. The molecule has 0 aromatic heterocycles. The average molecular weight is 491 g/mol. The van der Waals surface area contributed by atoms with E-state index >= 15 is 0 Å². The van der Waals surface area contributed by atoms with Gasteiger partial charge in [0.15, 0.2) is 0 Å². The van der Waals surface area contributed by atoms with Crippen molar-refractivity contribution in [1.82, 2.24) is 4.90 Å². The van der Waals surface area contributed by atoms with E-state index in [9.17, 15) is 9.18 Å². The monoisotopic (exact) mass is 490 g/mol. The molecule has 0 radical (unpaired) electrons. The van der Waals surface area contributed by atoms with Crippen LogP contribution < -0.4 is 15.5 Å². The molecule has 36 heavy (non-hydrogen) atoms. The van der Waals surface area contributed by atoms with Crippen molar-refractivity contribution in [1.29, 1.82) is 0 Å². The standard InChI is InChI=1S/C29H35FN4O2/c30-23-17-22(18-24(19-23)34-7-2-1-3-8-34)29(35)32-27-5-4-26(25-16-20-14-21(15-20)28(25)27)31-6-9-33-10-12-36-13-11-33/h4-5,16-19,21,31H,1-3,6-15H2,(H,32,35). The predicted molar refractivity (Wildman–Crippen MR) is 143 cm³/mol. The summed E-state index contributed by atoms with van der Waals surface area (Å²) in [5, 5.41) is 6.76. The van der Waals surface area contributed by atoms with Gasteiger partial charge in [0.05, 0.1) is 13.2 Å². The lowest BCUT2D eigenvalue weighted by atomic mass is 9.68. The van der Waals surface area contributed by atoms with Crippen LogP contribution in [-0.4, -0.2) is 63.3 Å². The maximum absolute atomic E-state index is 14.5. The molecule has 0 spiro atoms. The second-order valence-corrected chi connectivity index (χ2v) is 10.5. The highest BCUT2D eigenvalue weighted by atomic mass is 19.1. The number of nitrogens with one attached hydrogen (secondary N) is 2. The molecule has 1 amide bonds. The molecule has 5 aliphatic rings. The van der Waals surface area contributed by atoms with E-state index in [0.29, 0.717) is 11.5 Å². The van der Waals surface area contributed by atoms with Crippen LogP contribution in [0.2, 0.25) is 0 Å². The molecule has 2 heterocycles. The highest BCUT2D eigenvalue weighted by Crippen LogP contribution is 2.52. The number of morpholine rings is 1. The molecule has 2 aromatic rings. The molecular formula is C29H35FN4O2. The van der Waals surface area contributed by atoms with Crippen molar-refractivity contribution in [2.24, 2.45) is 0 Å². The van der Waals surface area contributed by atoms with Crippen LogP contribution in [-0.2, 0) is 4.74 Å². The summed E-state index contributed by atoms with van der Waals surface area (Å²) in [4.78, 5) is 17.9. The second kappa shape index (κ2) is 10.2. The number of piperidine rings is 1. The normalized spacial score (nSPS) is 19.8. The zero-order chi connectivity index (χ0) is 24.5. The van der Waals surface area contributed by atoms with E-state index in [2.05, 4.69) is 32.6 Å². The summed E-state index contributed by atoms with van der Waals surface area (Å²) in [5.74, 6) is -0.179. The molecule has 3 fully saturated rings. The fraction of sp³-hybridized carbons (Fsp3) is 0.483. The van der Waals surface area contributed by atoms with E-state index < -0.39 is 0 Å².